The van der Waals surface area contributed by atoms with Crippen molar-refractivity contribution >= 4 is 0 Å². The predicted octanol–water partition coefficient (Wildman–Crippen LogP) is 2.22. The van der Waals surface area contributed by atoms with Crippen LogP contribution in [0, 0.1) is 0 Å². The maximum Gasteiger partial charge on any atom is 0.161 e. The Hall–Kier alpha value is -2.01. The zero-order valence-corrected chi connectivity index (χ0v) is 12.3. The van der Waals surface area contributed by atoms with E-state index in [2.05, 4.69) is 16.5 Å². The third kappa shape index (κ3) is 3.76. The minimum Gasteiger partial charge on any atom is -0.493 e. The van der Waals surface area contributed by atoms with E-state index >= 15 is 0 Å². The van der Waals surface area contributed by atoms with Crippen LogP contribution in [0.4, 0.5) is 0 Å². The number of methoxy groups -OCH3 is 1. The Balaban J connectivity index is 1.51. The van der Waals surface area contributed by atoms with Crippen LogP contribution in [0.15, 0.2) is 36.5 Å². The van der Waals surface area contributed by atoms with Crippen molar-refractivity contribution in [3.8, 4) is 11.5 Å². The minimum absolute atomic E-state index is 0.568. The molecule has 1 aliphatic rings. The molecule has 1 aromatic carbocycles. The van der Waals surface area contributed by atoms with E-state index in [0.29, 0.717) is 12.6 Å². The Morgan fingerprint density at radius 2 is 2.05 bits per heavy atom. The molecule has 1 aliphatic carbocycles. The second kappa shape index (κ2) is 6.63. The van der Waals surface area contributed by atoms with Crippen molar-refractivity contribution in [2.24, 2.45) is 0 Å². The maximum atomic E-state index is 5.79. The van der Waals surface area contributed by atoms with Gasteiger partial charge in [-0.25, -0.2) is 0 Å². The summed E-state index contributed by atoms with van der Waals surface area (Å²) in [5, 5.41) is 7.86. The van der Waals surface area contributed by atoms with Gasteiger partial charge >= 0.3 is 0 Å². The van der Waals surface area contributed by atoms with E-state index in [1.807, 2.05) is 35.1 Å². The largest absolute Gasteiger partial charge is 0.493 e. The molecule has 0 bridgehead atoms. The van der Waals surface area contributed by atoms with Crippen LogP contribution in [0.3, 0.4) is 0 Å². The normalized spacial score (nSPS) is 14.1. The second-order valence-electron chi connectivity index (χ2n) is 5.20. The van der Waals surface area contributed by atoms with Crippen LogP contribution in [0.1, 0.15) is 18.5 Å². The summed E-state index contributed by atoms with van der Waals surface area (Å²) < 4.78 is 13.1. The molecule has 1 saturated carbocycles. The molecule has 0 saturated heterocycles. The van der Waals surface area contributed by atoms with E-state index in [9.17, 15) is 0 Å². The van der Waals surface area contributed by atoms with Gasteiger partial charge in [0.15, 0.2) is 11.5 Å². The molecule has 0 spiro atoms. The highest BCUT2D eigenvalue weighted by atomic mass is 16.5. The smallest absolute Gasteiger partial charge is 0.161 e. The quantitative estimate of drug-likeness (QED) is 0.809. The van der Waals surface area contributed by atoms with Crippen LogP contribution in [0.2, 0.25) is 0 Å². The molecule has 21 heavy (non-hydrogen) atoms. The van der Waals surface area contributed by atoms with Crippen molar-refractivity contribution in [3.05, 3.63) is 42.2 Å². The van der Waals surface area contributed by atoms with Gasteiger partial charge in [-0.1, -0.05) is 12.1 Å². The highest BCUT2D eigenvalue weighted by molar-refractivity contribution is 5.39. The average Bonchev–Trinajstić information content (AvgIpc) is 3.25. The van der Waals surface area contributed by atoms with E-state index in [1.54, 1.807) is 7.11 Å². The Labute approximate surface area is 124 Å². The van der Waals surface area contributed by atoms with Crippen LogP contribution in [-0.4, -0.2) is 29.5 Å². The molecule has 5 nitrogen and oxygen atoms in total. The fourth-order valence-electron chi connectivity index (χ4n) is 2.23. The number of nitrogens with zero attached hydrogens (tertiary/aromatic N) is 2. The van der Waals surface area contributed by atoms with Gasteiger partial charge in [-0.3, -0.25) is 4.68 Å². The Morgan fingerprint density at radius 1 is 1.24 bits per heavy atom. The summed E-state index contributed by atoms with van der Waals surface area (Å²) in [6, 6.07) is 10.4. The van der Waals surface area contributed by atoms with Crippen molar-refractivity contribution in [3.63, 3.8) is 0 Å². The van der Waals surface area contributed by atoms with Crippen molar-refractivity contribution in [1.82, 2.24) is 15.1 Å². The van der Waals surface area contributed by atoms with Gasteiger partial charge in [0.2, 0.25) is 0 Å². The summed E-state index contributed by atoms with van der Waals surface area (Å²) in [5.41, 5.74) is 1.20. The predicted molar refractivity (Wildman–Crippen MR) is 80.6 cm³/mol. The molecule has 1 N–H and O–H groups in total. The van der Waals surface area contributed by atoms with Gasteiger partial charge in [0.05, 0.1) is 19.3 Å². The van der Waals surface area contributed by atoms with Crippen molar-refractivity contribution < 1.29 is 9.47 Å². The molecule has 5 heteroatoms. The summed E-state index contributed by atoms with van der Waals surface area (Å²) in [7, 11) is 1.65. The molecule has 0 unspecified atom stereocenters. The van der Waals surface area contributed by atoms with E-state index in [-0.39, 0.29) is 0 Å². The molecular weight excluding hydrogens is 266 g/mol. The van der Waals surface area contributed by atoms with Gasteiger partial charge in [-0.05, 0) is 31.0 Å². The third-order valence-corrected chi connectivity index (χ3v) is 3.58. The number of hydrogen-bond donors (Lipinski definition) is 1. The highest BCUT2D eigenvalue weighted by Crippen LogP contribution is 2.25. The molecule has 1 aromatic heterocycles. The number of ether oxygens (including phenoxy) is 2. The Kier molecular flexibility index (Phi) is 4.40. The van der Waals surface area contributed by atoms with Crippen LogP contribution < -0.4 is 14.8 Å². The van der Waals surface area contributed by atoms with Crippen molar-refractivity contribution in [1.29, 1.82) is 0 Å². The van der Waals surface area contributed by atoms with Gasteiger partial charge in [-0.15, -0.1) is 0 Å². The summed E-state index contributed by atoms with van der Waals surface area (Å²) in [6.07, 6.45) is 4.43. The third-order valence-electron chi connectivity index (χ3n) is 3.58. The van der Waals surface area contributed by atoms with Gasteiger partial charge in [0, 0.05) is 18.8 Å². The van der Waals surface area contributed by atoms with Crippen LogP contribution in [-0.2, 0) is 13.1 Å². The van der Waals surface area contributed by atoms with Crippen molar-refractivity contribution in [2.75, 3.05) is 13.7 Å². The van der Waals surface area contributed by atoms with Gasteiger partial charge in [-0.2, -0.15) is 5.10 Å². The number of nitrogens with one attached hydrogen (secondary N) is 1. The SMILES string of the molecule is COc1ccccc1OCCn1nccc1CNC1CC1. The number of benzene rings is 1. The fraction of sp³-hybridized carbons (Fsp3) is 0.438. The first kappa shape index (κ1) is 13.9. The second-order valence-corrected chi connectivity index (χ2v) is 5.20. The van der Waals surface area contributed by atoms with Gasteiger partial charge in [0.25, 0.3) is 0 Å². The lowest BCUT2D eigenvalue weighted by molar-refractivity contribution is 0.272. The average molecular weight is 287 g/mol. The highest BCUT2D eigenvalue weighted by Gasteiger charge is 2.20. The molecule has 2 aromatic rings. The van der Waals surface area contributed by atoms with Crippen LogP contribution in [0.25, 0.3) is 0 Å². The first-order valence-electron chi connectivity index (χ1n) is 7.36. The first-order valence-corrected chi connectivity index (χ1v) is 7.36. The number of para-hydroxylation sites is 2. The topological polar surface area (TPSA) is 48.3 Å². The molecule has 0 aliphatic heterocycles. The molecule has 1 heterocycles. The van der Waals surface area contributed by atoms with E-state index in [4.69, 9.17) is 9.47 Å². The molecular formula is C16H21N3O2. The molecule has 3 rings (SSSR count). The lowest BCUT2D eigenvalue weighted by atomic mass is 10.3. The maximum absolute atomic E-state index is 5.79. The number of hydrogen-bond acceptors (Lipinski definition) is 4. The standard InChI is InChI=1S/C16H21N3O2/c1-20-15-4-2-3-5-16(15)21-11-10-19-14(8-9-18-19)12-17-13-6-7-13/h2-5,8-9,13,17H,6-7,10-12H2,1H3. The van der Waals surface area contributed by atoms with Crippen LogP contribution in [0.5, 0.6) is 11.5 Å². The van der Waals surface area contributed by atoms with Crippen molar-refractivity contribution in [2.45, 2.75) is 32.0 Å². The monoisotopic (exact) mass is 287 g/mol. The zero-order valence-electron chi connectivity index (χ0n) is 12.3. The minimum atomic E-state index is 0.568. The molecule has 112 valence electrons. The van der Waals surface area contributed by atoms with Gasteiger partial charge in [0.1, 0.15) is 6.61 Å². The van der Waals surface area contributed by atoms with E-state index < -0.39 is 0 Å². The van der Waals surface area contributed by atoms with E-state index in [0.717, 1.165) is 24.6 Å². The lowest BCUT2D eigenvalue weighted by Crippen LogP contribution is -2.20. The first-order chi connectivity index (χ1) is 10.4. The van der Waals surface area contributed by atoms with Crippen LogP contribution >= 0.6 is 0 Å². The molecule has 1 fully saturated rings. The lowest BCUT2D eigenvalue weighted by Gasteiger charge is -2.12. The fourth-order valence-corrected chi connectivity index (χ4v) is 2.23. The summed E-state index contributed by atoms with van der Waals surface area (Å²) in [6.45, 7) is 2.17. The zero-order chi connectivity index (χ0) is 14.5. The molecule has 0 atom stereocenters. The number of rotatable bonds is 8. The molecule has 0 amide bonds. The summed E-state index contributed by atoms with van der Waals surface area (Å²) >= 11 is 0. The summed E-state index contributed by atoms with van der Waals surface area (Å²) in [4.78, 5) is 0. The summed E-state index contributed by atoms with van der Waals surface area (Å²) in [5.74, 6) is 1.53. The molecule has 0 radical (unpaired) electrons. The Bertz CT molecular complexity index is 578. The Morgan fingerprint density at radius 3 is 2.81 bits per heavy atom. The van der Waals surface area contributed by atoms with Gasteiger partial charge < -0.3 is 14.8 Å². The van der Waals surface area contributed by atoms with E-state index in [1.165, 1.54) is 18.5 Å². The number of aromatic nitrogens is 2.